The number of hydrogen-bond acceptors (Lipinski definition) is 5. The summed E-state index contributed by atoms with van der Waals surface area (Å²) in [7, 11) is 3.05. The molecule has 0 heterocycles. The van der Waals surface area contributed by atoms with Gasteiger partial charge in [0.05, 0.1) is 13.7 Å². The lowest BCUT2D eigenvalue weighted by Crippen LogP contribution is -2.52. The molecule has 1 atom stereocenters. The Balaban J connectivity index is 4.77. The topological polar surface area (TPSA) is 64.8 Å². The second-order valence-electron chi connectivity index (χ2n) is 3.98. The third kappa shape index (κ3) is 5.02. The second-order valence-corrected chi connectivity index (χ2v) is 3.98. The molecule has 5 nitrogen and oxygen atoms in total. The van der Waals surface area contributed by atoms with Gasteiger partial charge in [0.25, 0.3) is 0 Å². The van der Waals surface area contributed by atoms with Gasteiger partial charge in [0.1, 0.15) is 6.04 Å². The Hall–Kier alpha value is -0.650. The molecule has 5 heteroatoms. The lowest BCUT2D eigenvalue weighted by molar-refractivity contribution is -0.148. The van der Waals surface area contributed by atoms with Gasteiger partial charge in [-0.25, -0.2) is 0 Å². The maximum absolute atomic E-state index is 11.7. The number of hydrogen-bond donors (Lipinski definition) is 1. The minimum Gasteiger partial charge on any atom is -0.468 e. The fourth-order valence-corrected chi connectivity index (χ4v) is 2.05. The molecule has 0 rings (SSSR count). The highest BCUT2D eigenvalue weighted by Gasteiger charge is 2.29. The van der Waals surface area contributed by atoms with Gasteiger partial charge in [-0.15, -0.1) is 0 Å². The number of carbonyl (C=O) groups excluding carboxylic acids is 1. The van der Waals surface area contributed by atoms with Gasteiger partial charge in [0.15, 0.2) is 0 Å². The minimum absolute atomic E-state index is 0.268. The van der Waals surface area contributed by atoms with Crippen LogP contribution in [0.1, 0.15) is 26.7 Å². The van der Waals surface area contributed by atoms with Crippen LogP contribution in [-0.2, 0) is 14.3 Å². The van der Waals surface area contributed by atoms with Crippen LogP contribution in [0.25, 0.3) is 0 Å². The van der Waals surface area contributed by atoms with Crippen LogP contribution in [0.2, 0.25) is 0 Å². The lowest BCUT2D eigenvalue weighted by atomic mass is 10.1. The maximum Gasteiger partial charge on any atom is 0.324 e. The molecule has 0 aliphatic carbocycles. The average Bonchev–Trinajstić information content (AvgIpc) is 2.36. The molecule has 0 amide bonds. The van der Waals surface area contributed by atoms with Gasteiger partial charge in [-0.05, 0) is 12.8 Å². The highest BCUT2D eigenvalue weighted by atomic mass is 16.5. The Kier molecular flexibility index (Phi) is 9.03. The van der Waals surface area contributed by atoms with Crippen LogP contribution in [0, 0.1) is 0 Å². The Morgan fingerprint density at radius 2 is 1.88 bits per heavy atom. The average molecular weight is 246 g/mol. The van der Waals surface area contributed by atoms with Crippen molar-refractivity contribution in [3.05, 3.63) is 0 Å². The molecule has 0 bridgehead atoms. The summed E-state index contributed by atoms with van der Waals surface area (Å²) in [5.41, 5.74) is 5.69. The van der Waals surface area contributed by atoms with Crippen LogP contribution >= 0.6 is 0 Å². The van der Waals surface area contributed by atoms with Gasteiger partial charge in [-0.2, -0.15) is 0 Å². The van der Waals surface area contributed by atoms with E-state index in [2.05, 4.69) is 18.7 Å². The van der Waals surface area contributed by atoms with Crippen molar-refractivity contribution in [3.63, 3.8) is 0 Å². The predicted molar refractivity (Wildman–Crippen MR) is 67.8 cm³/mol. The zero-order chi connectivity index (χ0) is 13.3. The first kappa shape index (κ1) is 16.4. The van der Waals surface area contributed by atoms with Crippen LogP contribution in [0.3, 0.4) is 0 Å². The number of nitrogens with zero attached hydrogens (tertiary/aromatic N) is 1. The Labute approximate surface area is 104 Å². The highest BCUT2D eigenvalue weighted by Crippen LogP contribution is 2.13. The molecule has 102 valence electrons. The van der Waals surface area contributed by atoms with Crippen molar-refractivity contribution in [1.29, 1.82) is 0 Å². The lowest BCUT2D eigenvalue weighted by Gasteiger charge is -2.35. The van der Waals surface area contributed by atoms with E-state index >= 15 is 0 Å². The molecule has 0 spiro atoms. The van der Waals surface area contributed by atoms with E-state index in [1.165, 1.54) is 7.11 Å². The zero-order valence-electron chi connectivity index (χ0n) is 11.4. The monoisotopic (exact) mass is 246 g/mol. The van der Waals surface area contributed by atoms with Crippen molar-refractivity contribution < 1.29 is 14.3 Å². The molecule has 0 radical (unpaired) electrons. The minimum atomic E-state index is -0.375. The van der Waals surface area contributed by atoms with E-state index in [1.54, 1.807) is 7.11 Å². The summed E-state index contributed by atoms with van der Waals surface area (Å²) < 4.78 is 9.89. The van der Waals surface area contributed by atoms with Gasteiger partial charge in [0.2, 0.25) is 0 Å². The molecule has 0 aromatic heterocycles. The Morgan fingerprint density at radius 1 is 1.29 bits per heavy atom. The predicted octanol–water partition coefficient (Wildman–Crippen LogP) is 0.624. The first-order valence-corrected chi connectivity index (χ1v) is 6.18. The van der Waals surface area contributed by atoms with E-state index in [0.717, 1.165) is 12.8 Å². The Morgan fingerprint density at radius 3 is 2.24 bits per heavy atom. The van der Waals surface area contributed by atoms with Crippen LogP contribution in [0.4, 0.5) is 0 Å². The fraction of sp³-hybridized carbons (Fsp3) is 0.917. The van der Waals surface area contributed by atoms with E-state index in [4.69, 9.17) is 15.2 Å². The summed E-state index contributed by atoms with van der Waals surface area (Å²) >= 11 is 0. The van der Waals surface area contributed by atoms with Crippen LogP contribution in [-0.4, -0.2) is 56.9 Å². The fourth-order valence-electron chi connectivity index (χ4n) is 2.05. The molecule has 0 aliphatic heterocycles. The second kappa shape index (κ2) is 9.39. The summed E-state index contributed by atoms with van der Waals surface area (Å²) in [6, 6.07) is -0.0437. The van der Waals surface area contributed by atoms with E-state index in [1.807, 2.05) is 0 Å². The molecule has 17 heavy (non-hydrogen) atoms. The van der Waals surface area contributed by atoms with Crippen molar-refractivity contribution >= 4 is 5.97 Å². The maximum atomic E-state index is 11.7. The zero-order valence-corrected chi connectivity index (χ0v) is 11.4. The number of nitrogens with two attached hydrogens (primary N) is 1. The van der Waals surface area contributed by atoms with Crippen molar-refractivity contribution in [2.75, 3.05) is 33.9 Å². The SMILES string of the molecule is CCC(CC)N(CCOC)C(CN)C(=O)OC. The molecule has 0 saturated carbocycles. The number of esters is 1. The largest absolute Gasteiger partial charge is 0.468 e. The highest BCUT2D eigenvalue weighted by molar-refractivity contribution is 5.76. The van der Waals surface area contributed by atoms with Crippen LogP contribution in [0.5, 0.6) is 0 Å². The number of carbonyl (C=O) groups is 1. The summed E-state index contributed by atoms with van der Waals surface area (Å²) in [5, 5.41) is 0. The third-order valence-electron chi connectivity index (χ3n) is 3.06. The van der Waals surface area contributed by atoms with Crippen molar-refractivity contribution in [2.24, 2.45) is 5.73 Å². The van der Waals surface area contributed by atoms with Gasteiger partial charge in [0, 0.05) is 26.2 Å². The summed E-state index contributed by atoms with van der Waals surface area (Å²) in [6.45, 7) is 5.77. The molecular formula is C12H26N2O3. The first-order chi connectivity index (χ1) is 8.15. The van der Waals surface area contributed by atoms with Gasteiger partial charge in [-0.3, -0.25) is 9.69 Å². The summed E-state index contributed by atoms with van der Waals surface area (Å²) in [5.74, 6) is -0.268. The van der Waals surface area contributed by atoms with Gasteiger partial charge < -0.3 is 15.2 Å². The van der Waals surface area contributed by atoms with Crippen molar-refractivity contribution in [3.8, 4) is 0 Å². The molecule has 0 fully saturated rings. The third-order valence-corrected chi connectivity index (χ3v) is 3.06. The van der Waals surface area contributed by atoms with Crippen LogP contribution < -0.4 is 5.73 Å². The standard InChI is InChI=1S/C12H26N2O3/c1-5-10(6-2)14(7-8-16-3)11(9-13)12(15)17-4/h10-11H,5-9,13H2,1-4H3. The Bertz CT molecular complexity index is 208. The van der Waals surface area contributed by atoms with E-state index in [-0.39, 0.29) is 18.6 Å². The molecule has 0 aliphatic rings. The molecule has 0 saturated heterocycles. The number of methoxy groups -OCH3 is 2. The normalized spacial score (nSPS) is 13.1. The number of ether oxygens (including phenoxy) is 2. The molecule has 0 aromatic rings. The quantitative estimate of drug-likeness (QED) is 0.604. The summed E-state index contributed by atoms with van der Waals surface area (Å²) in [6.07, 6.45) is 1.96. The van der Waals surface area contributed by atoms with Gasteiger partial charge >= 0.3 is 5.97 Å². The molecule has 1 unspecified atom stereocenters. The van der Waals surface area contributed by atoms with Crippen molar-refractivity contribution in [1.82, 2.24) is 4.90 Å². The van der Waals surface area contributed by atoms with E-state index in [9.17, 15) is 4.79 Å². The smallest absolute Gasteiger partial charge is 0.324 e. The van der Waals surface area contributed by atoms with E-state index < -0.39 is 0 Å². The molecule has 2 N–H and O–H groups in total. The molecular weight excluding hydrogens is 220 g/mol. The molecule has 0 aromatic carbocycles. The number of rotatable bonds is 9. The summed E-state index contributed by atoms with van der Waals surface area (Å²) in [4.78, 5) is 13.8. The van der Waals surface area contributed by atoms with Crippen LogP contribution in [0.15, 0.2) is 0 Å². The first-order valence-electron chi connectivity index (χ1n) is 6.18. The van der Waals surface area contributed by atoms with Gasteiger partial charge in [-0.1, -0.05) is 13.8 Å². The van der Waals surface area contributed by atoms with E-state index in [0.29, 0.717) is 19.2 Å². The van der Waals surface area contributed by atoms with Crippen molar-refractivity contribution in [2.45, 2.75) is 38.8 Å².